The van der Waals surface area contributed by atoms with Crippen LogP contribution in [0.5, 0.6) is 0 Å². The van der Waals surface area contributed by atoms with E-state index in [9.17, 15) is 13.6 Å². The van der Waals surface area contributed by atoms with E-state index in [0.29, 0.717) is 11.3 Å². The van der Waals surface area contributed by atoms with Crippen LogP contribution in [-0.4, -0.2) is 11.2 Å². The molecule has 2 aromatic rings. The second-order valence-corrected chi connectivity index (χ2v) is 5.90. The van der Waals surface area contributed by atoms with Crippen molar-refractivity contribution in [2.75, 3.05) is 5.32 Å². The van der Waals surface area contributed by atoms with Gasteiger partial charge in [-0.25, -0.2) is 8.78 Å². The molecule has 0 fully saturated rings. The Kier molecular flexibility index (Phi) is 5.12. The Balaban J connectivity index is 2.01. The number of hydrogen-bond donors (Lipinski definition) is 1. The molecule has 3 nitrogen and oxygen atoms in total. The van der Waals surface area contributed by atoms with Gasteiger partial charge in [-0.3, -0.25) is 4.79 Å². The maximum absolute atomic E-state index is 13.6. The van der Waals surface area contributed by atoms with E-state index in [0.717, 1.165) is 23.9 Å². The summed E-state index contributed by atoms with van der Waals surface area (Å²) in [5, 5.41) is 10.8. The fourth-order valence-corrected chi connectivity index (χ4v) is 2.55. The highest BCUT2D eigenvalue weighted by molar-refractivity contribution is 8.00. The molecule has 0 saturated heterocycles. The molecular formula is C16H12F2N2OS. The van der Waals surface area contributed by atoms with Crippen molar-refractivity contribution >= 4 is 23.4 Å². The summed E-state index contributed by atoms with van der Waals surface area (Å²) in [4.78, 5) is 12.3. The first-order valence-electron chi connectivity index (χ1n) is 6.42. The van der Waals surface area contributed by atoms with Crippen molar-refractivity contribution in [3.63, 3.8) is 0 Å². The van der Waals surface area contributed by atoms with Crippen molar-refractivity contribution in [1.82, 2.24) is 0 Å². The van der Waals surface area contributed by atoms with E-state index in [1.807, 2.05) is 6.07 Å². The van der Waals surface area contributed by atoms with Crippen molar-refractivity contribution in [1.29, 1.82) is 5.26 Å². The van der Waals surface area contributed by atoms with Crippen LogP contribution in [-0.2, 0) is 4.79 Å². The molecule has 0 radical (unpaired) electrons. The van der Waals surface area contributed by atoms with Gasteiger partial charge in [0.05, 0.1) is 16.9 Å². The predicted octanol–water partition coefficient (Wildman–Crippen LogP) is 3.96. The van der Waals surface area contributed by atoms with Crippen LogP contribution in [0.3, 0.4) is 0 Å². The van der Waals surface area contributed by atoms with Crippen molar-refractivity contribution in [2.45, 2.75) is 17.1 Å². The maximum Gasteiger partial charge on any atom is 0.237 e. The summed E-state index contributed by atoms with van der Waals surface area (Å²) in [6, 6.07) is 11.6. The Labute approximate surface area is 131 Å². The lowest BCUT2D eigenvalue weighted by Crippen LogP contribution is -2.22. The maximum atomic E-state index is 13.6. The van der Waals surface area contributed by atoms with Crippen LogP contribution in [0, 0.1) is 23.0 Å². The fourth-order valence-electron chi connectivity index (χ4n) is 1.69. The first-order chi connectivity index (χ1) is 10.5. The lowest BCUT2D eigenvalue weighted by atomic mass is 10.2. The number of halogens is 2. The Morgan fingerprint density at radius 1 is 1.23 bits per heavy atom. The highest BCUT2D eigenvalue weighted by atomic mass is 32.2. The van der Waals surface area contributed by atoms with Gasteiger partial charge in [-0.05, 0) is 43.3 Å². The van der Waals surface area contributed by atoms with Gasteiger partial charge in [0.15, 0.2) is 0 Å². The first kappa shape index (κ1) is 16.0. The zero-order valence-electron chi connectivity index (χ0n) is 11.6. The lowest BCUT2D eigenvalue weighted by molar-refractivity contribution is -0.115. The van der Waals surface area contributed by atoms with Gasteiger partial charge in [0.25, 0.3) is 0 Å². The van der Waals surface area contributed by atoms with Crippen LogP contribution in [0.15, 0.2) is 47.4 Å². The Morgan fingerprint density at radius 3 is 2.50 bits per heavy atom. The molecule has 0 aliphatic rings. The number of benzene rings is 2. The largest absolute Gasteiger partial charge is 0.325 e. The molecule has 0 unspecified atom stereocenters. The van der Waals surface area contributed by atoms with Gasteiger partial charge in [0.1, 0.15) is 11.6 Å². The molecule has 1 amide bonds. The van der Waals surface area contributed by atoms with E-state index >= 15 is 0 Å². The summed E-state index contributed by atoms with van der Waals surface area (Å²) in [6.45, 7) is 1.63. The third-order valence-corrected chi connectivity index (χ3v) is 4.00. The average Bonchev–Trinajstić information content (AvgIpc) is 2.50. The molecule has 2 aromatic carbocycles. The number of anilines is 1. The number of carbonyl (C=O) groups excluding carboxylic acids is 1. The normalized spacial score (nSPS) is 11.5. The summed E-state index contributed by atoms with van der Waals surface area (Å²) < 4.78 is 26.4. The molecule has 112 valence electrons. The zero-order valence-corrected chi connectivity index (χ0v) is 12.5. The molecule has 6 heteroatoms. The van der Waals surface area contributed by atoms with Crippen molar-refractivity contribution in [2.24, 2.45) is 0 Å². The molecule has 1 N–H and O–H groups in total. The van der Waals surface area contributed by atoms with Gasteiger partial charge in [0, 0.05) is 16.6 Å². The van der Waals surface area contributed by atoms with Crippen molar-refractivity contribution in [3.05, 3.63) is 59.7 Å². The molecule has 0 bridgehead atoms. The van der Waals surface area contributed by atoms with E-state index < -0.39 is 16.9 Å². The van der Waals surface area contributed by atoms with Gasteiger partial charge in [-0.1, -0.05) is 0 Å². The molecule has 22 heavy (non-hydrogen) atoms. The third-order valence-electron chi connectivity index (χ3n) is 2.85. The molecule has 0 heterocycles. The summed E-state index contributed by atoms with van der Waals surface area (Å²) in [5.74, 6) is -1.65. The number of hydrogen-bond acceptors (Lipinski definition) is 3. The first-order valence-corrected chi connectivity index (χ1v) is 7.30. The SMILES string of the molecule is C[C@H](Sc1ccc(F)cc1F)C(=O)Nc1ccc(C#N)cc1. The number of thioether (sulfide) groups is 1. The molecule has 0 spiro atoms. The third kappa shape index (κ3) is 4.06. The fraction of sp³-hybridized carbons (Fsp3) is 0.125. The van der Waals surface area contributed by atoms with Crippen LogP contribution in [0.2, 0.25) is 0 Å². The number of nitrogens with one attached hydrogen (secondary N) is 1. The molecular weight excluding hydrogens is 306 g/mol. The van der Waals surface area contributed by atoms with Crippen LogP contribution in [0.25, 0.3) is 0 Å². The Bertz CT molecular complexity index is 726. The quantitative estimate of drug-likeness (QED) is 0.868. The minimum atomic E-state index is -0.692. The Morgan fingerprint density at radius 2 is 1.91 bits per heavy atom. The second kappa shape index (κ2) is 7.05. The van der Waals surface area contributed by atoms with Crippen LogP contribution < -0.4 is 5.32 Å². The molecule has 1 atom stereocenters. The van der Waals surface area contributed by atoms with Crippen LogP contribution >= 0.6 is 11.8 Å². The highest BCUT2D eigenvalue weighted by Crippen LogP contribution is 2.27. The monoisotopic (exact) mass is 318 g/mol. The number of amides is 1. The van der Waals surface area contributed by atoms with E-state index in [1.165, 1.54) is 6.07 Å². The number of nitrogens with zero attached hydrogens (tertiary/aromatic N) is 1. The van der Waals surface area contributed by atoms with E-state index in [-0.39, 0.29) is 10.8 Å². The zero-order chi connectivity index (χ0) is 16.1. The number of carbonyl (C=O) groups is 1. The average molecular weight is 318 g/mol. The van der Waals surface area contributed by atoms with E-state index in [4.69, 9.17) is 5.26 Å². The van der Waals surface area contributed by atoms with Gasteiger partial charge in [-0.2, -0.15) is 5.26 Å². The minimum absolute atomic E-state index is 0.212. The summed E-state index contributed by atoms with van der Waals surface area (Å²) in [5.41, 5.74) is 1.05. The lowest BCUT2D eigenvalue weighted by Gasteiger charge is -2.12. The van der Waals surface area contributed by atoms with E-state index in [2.05, 4.69) is 5.32 Å². The predicted molar refractivity (Wildman–Crippen MR) is 81.5 cm³/mol. The smallest absolute Gasteiger partial charge is 0.237 e. The topological polar surface area (TPSA) is 52.9 Å². The molecule has 0 aromatic heterocycles. The highest BCUT2D eigenvalue weighted by Gasteiger charge is 2.17. The van der Waals surface area contributed by atoms with E-state index in [1.54, 1.807) is 31.2 Å². The summed E-state index contributed by atoms with van der Waals surface area (Å²) >= 11 is 1.01. The Hall–Kier alpha value is -2.39. The van der Waals surface area contributed by atoms with Crippen molar-refractivity contribution in [3.8, 4) is 6.07 Å². The molecule has 0 aliphatic heterocycles. The van der Waals surface area contributed by atoms with Gasteiger partial charge >= 0.3 is 0 Å². The number of rotatable bonds is 4. The molecule has 0 saturated carbocycles. The molecule has 0 aliphatic carbocycles. The van der Waals surface area contributed by atoms with Crippen LogP contribution in [0.1, 0.15) is 12.5 Å². The summed E-state index contributed by atoms with van der Waals surface area (Å²) in [7, 11) is 0. The van der Waals surface area contributed by atoms with Crippen LogP contribution in [0.4, 0.5) is 14.5 Å². The van der Waals surface area contributed by atoms with Crippen molar-refractivity contribution < 1.29 is 13.6 Å². The van der Waals surface area contributed by atoms with Gasteiger partial charge in [0.2, 0.25) is 5.91 Å². The number of nitriles is 1. The van der Waals surface area contributed by atoms with Gasteiger partial charge in [-0.15, -0.1) is 11.8 Å². The van der Waals surface area contributed by atoms with Gasteiger partial charge < -0.3 is 5.32 Å². The minimum Gasteiger partial charge on any atom is -0.325 e. The second-order valence-electron chi connectivity index (χ2n) is 4.51. The standard InChI is InChI=1S/C16H12F2N2OS/c1-10(22-15-7-4-12(17)8-14(15)18)16(21)20-13-5-2-11(9-19)3-6-13/h2-8,10H,1H3,(H,20,21)/t10-/m0/s1. The summed E-state index contributed by atoms with van der Waals surface area (Å²) in [6.07, 6.45) is 0. The molecule has 2 rings (SSSR count).